The highest BCUT2D eigenvalue weighted by molar-refractivity contribution is 7.15. The third kappa shape index (κ3) is 3.95. The number of rotatable bonds is 7. The first-order valence-electron chi connectivity index (χ1n) is 6.61. The summed E-state index contributed by atoms with van der Waals surface area (Å²) in [4.78, 5) is 15.7. The number of hydrogen-bond donors (Lipinski definition) is 1. The lowest BCUT2D eigenvalue weighted by Crippen LogP contribution is -1.98. The van der Waals surface area contributed by atoms with Gasteiger partial charge >= 0.3 is 5.97 Å². The minimum atomic E-state index is -0.855. The molecule has 0 saturated carbocycles. The van der Waals surface area contributed by atoms with Crippen molar-refractivity contribution in [2.24, 2.45) is 0 Å². The van der Waals surface area contributed by atoms with E-state index in [1.807, 2.05) is 25.1 Å². The number of ether oxygens (including phenoxy) is 2. The quantitative estimate of drug-likeness (QED) is 0.850. The fourth-order valence-corrected chi connectivity index (χ4v) is 2.71. The zero-order valence-corrected chi connectivity index (χ0v) is 12.8. The van der Waals surface area contributed by atoms with E-state index in [1.165, 1.54) is 11.3 Å². The summed E-state index contributed by atoms with van der Waals surface area (Å²) in [5, 5.41) is 9.57. The maximum absolute atomic E-state index is 10.7. The van der Waals surface area contributed by atoms with Crippen LogP contribution in [0.4, 0.5) is 0 Å². The van der Waals surface area contributed by atoms with Crippen molar-refractivity contribution in [2.45, 2.75) is 19.8 Å². The molecular weight excluding hydrogens is 290 g/mol. The van der Waals surface area contributed by atoms with Crippen molar-refractivity contribution in [1.82, 2.24) is 4.98 Å². The van der Waals surface area contributed by atoms with E-state index in [-0.39, 0.29) is 6.42 Å². The van der Waals surface area contributed by atoms with E-state index in [1.54, 1.807) is 13.3 Å². The number of carboxylic acids is 1. The third-order valence-corrected chi connectivity index (χ3v) is 3.80. The molecule has 5 nitrogen and oxygen atoms in total. The Labute approximate surface area is 127 Å². The summed E-state index contributed by atoms with van der Waals surface area (Å²) in [6, 6.07) is 5.59. The first-order valence-corrected chi connectivity index (χ1v) is 7.43. The molecule has 6 heteroatoms. The van der Waals surface area contributed by atoms with Gasteiger partial charge in [-0.2, -0.15) is 0 Å². The van der Waals surface area contributed by atoms with Gasteiger partial charge in [0.25, 0.3) is 0 Å². The van der Waals surface area contributed by atoms with Crippen molar-refractivity contribution in [1.29, 1.82) is 0 Å². The van der Waals surface area contributed by atoms with E-state index in [9.17, 15) is 4.79 Å². The number of aliphatic carboxylic acids is 1. The molecule has 0 radical (unpaired) electrons. The Bertz CT molecular complexity index is 624. The van der Waals surface area contributed by atoms with Gasteiger partial charge < -0.3 is 14.6 Å². The van der Waals surface area contributed by atoms with Crippen molar-refractivity contribution in [2.75, 3.05) is 13.7 Å². The molecule has 1 N–H and O–H groups in total. The molecule has 0 aliphatic rings. The number of carbonyl (C=O) groups is 1. The van der Waals surface area contributed by atoms with E-state index in [0.717, 1.165) is 21.9 Å². The molecule has 112 valence electrons. The standard InChI is InChI=1S/C15H17NO4S/c1-3-6-20-13-7-10(4-5-12(13)19-2)15-16-9-11(21-15)8-14(17)18/h4-5,7,9H,3,6,8H2,1-2H3,(H,17,18). The third-order valence-electron chi connectivity index (χ3n) is 2.75. The fraction of sp³-hybridized carbons (Fsp3) is 0.333. The van der Waals surface area contributed by atoms with Crippen LogP contribution < -0.4 is 9.47 Å². The monoisotopic (exact) mass is 307 g/mol. The van der Waals surface area contributed by atoms with Crippen molar-refractivity contribution in [3.05, 3.63) is 29.3 Å². The van der Waals surface area contributed by atoms with Crippen LogP contribution in [-0.4, -0.2) is 29.8 Å². The van der Waals surface area contributed by atoms with Gasteiger partial charge in [-0.15, -0.1) is 11.3 Å². The Kier molecular flexibility index (Phi) is 5.16. The molecule has 0 fully saturated rings. The van der Waals surface area contributed by atoms with E-state index >= 15 is 0 Å². The molecule has 2 rings (SSSR count). The molecule has 21 heavy (non-hydrogen) atoms. The van der Waals surface area contributed by atoms with E-state index in [4.69, 9.17) is 14.6 Å². The van der Waals surface area contributed by atoms with Crippen LogP contribution in [0, 0.1) is 0 Å². The topological polar surface area (TPSA) is 68.7 Å². The molecule has 2 aromatic rings. The van der Waals surface area contributed by atoms with Gasteiger partial charge in [0.15, 0.2) is 11.5 Å². The van der Waals surface area contributed by atoms with Crippen LogP contribution >= 0.6 is 11.3 Å². The lowest BCUT2D eigenvalue weighted by atomic mass is 10.2. The molecule has 0 bridgehead atoms. The Morgan fingerprint density at radius 3 is 2.86 bits per heavy atom. The van der Waals surface area contributed by atoms with Crippen molar-refractivity contribution in [3.8, 4) is 22.1 Å². The summed E-state index contributed by atoms with van der Waals surface area (Å²) in [5.74, 6) is 0.494. The van der Waals surface area contributed by atoms with E-state index in [0.29, 0.717) is 18.1 Å². The van der Waals surface area contributed by atoms with Gasteiger partial charge in [-0.1, -0.05) is 6.92 Å². The van der Waals surface area contributed by atoms with Crippen molar-refractivity contribution < 1.29 is 19.4 Å². The van der Waals surface area contributed by atoms with Crippen molar-refractivity contribution >= 4 is 17.3 Å². The number of methoxy groups -OCH3 is 1. The number of carboxylic acid groups (broad SMARTS) is 1. The fourth-order valence-electron chi connectivity index (χ4n) is 1.81. The molecular formula is C15H17NO4S. The second-order valence-electron chi connectivity index (χ2n) is 4.42. The highest BCUT2D eigenvalue weighted by Gasteiger charge is 2.11. The summed E-state index contributed by atoms with van der Waals surface area (Å²) in [7, 11) is 1.60. The Balaban J connectivity index is 2.26. The first-order chi connectivity index (χ1) is 10.1. The Morgan fingerprint density at radius 1 is 1.38 bits per heavy atom. The van der Waals surface area contributed by atoms with Crippen LogP contribution in [0.3, 0.4) is 0 Å². The van der Waals surface area contributed by atoms with E-state index in [2.05, 4.69) is 4.98 Å². The second-order valence-corrected chi connectivity index (χ2v) is 5.53. The maximum Gasteiger partial charge on any atom is 0.308 e. The number of hydrogen-bond acceptors (Lipinski definition) is 5. The zero-order chi connectivity index (χ0) is 15.2. The highest BCUT2D eigenvalue weighted by Crippen LogP contribution is 2.34. The molecule has 0 unspecified atom stereocenters. The normalized spacial score (nSPS) is 10.4. The molecule has 0 amide bonds. The highest BCUT2D eigenvalue weighted by atomic mass is 32.1. The molecule has 1 heterocycles. The maximum atomic E-state index is 10.7. The van der Waals surface area contributed by atoms with Crippen LogP contribution in [0.5, 0.6) is 11.5 Å². The van der Waals surface area contributed by atoms with Crippen LogP contribution in [0.15, 0.2) is 24.4 Å². The average Bonchev–Trinajstić information content (AvgIpc) is 2.92. The number of aromatic nitrogens is 1. The minimum absolute atomic E-state index is 0.00693. The van der Waals surface area contributed by atoms with Gasteiger partial charge in [-0.25, -0.2) is 4.98 Å². The minimum Gasteiger partial charge on any atom is -0.493 e. The van der Waals surface area contributed by atoms with Crippen LogP contribution in [0.1, 0.15) is 18.2 Å². The molecule has 1 aromatic carbocycles. The SMILES string of the molecule is CCCOc1cc(-c2ncc(CC(=O)O)s2)ccc1OC. The van der Waals surface area contributed by atoms with Gasteiger partial charge in [0.05, 0.1) is 20.1 Å². The lowest BCUT2D eigenvalue weighted by molar-refractivity contribution is -0.136. The van der Waals surface area contributed by atoms with Gasteiger partial charge in [0.1, 0.15) is 5.01 Å². The average molecular weight is 307 g/mol. The number of benzene rings is 1. The second kappa shape index (κ2) is 7.08. The number of thiazole rings is 1. The molecule has 0 aliphatic carbocycles. The van der Waals surface area contributed by atoms with Crippen LogP contribution in [0.2, 0.25) is 0 Å². The molecule has 0 aliphatic heterocycles. The van der Waals surface area contributed by atoms with Crippen LogP contribution in [0.25, 0.3) is 10.6 Å². The summed E-state index contributed by atoms with van der Waals surface area (Å²) >= 11 is 1.37. The van der Waals surface area contributed by atoms with Gasteiger partial charge in [0, 0.05) is 16.6 Å². The smallest absolute Gasteiger partial charge is 0.308 e. The lowest BCUT2D eigenvalue weighted by Gasteiger charge is -2.10. The molecule has 0 saturated heterocycles. The van der Waals surface area contributed by atoms with Crippen LogP contribution in [-0.2, 0) is 11.2 Å². The Morgan fingerprint density at radius 2 is 2.19 bits per heavy atom. The summed E-state index contributed by atoms with van der Waals surface area (Å²) in [6.07, 6.45) is 2.51. The predicted octanol–water partition coefficient (Wildman–Crippen LogP) is 3.23. The summed E-state index contributed by atoms with van der Waals surface area (Å²) in [6.45, 7) is 2.65. The van der Waals surface area contributed by atoms with Crippen molar-refractivity contribution in [3.63, 3.8) is 0 Å². The summed E-state index contributed by atoms with van der Waals surface area (Å²) < 4.78 is 10.9. The molecule has 0 spiro atoms. The predicted molar refractivity (Wildman–Crippen MR) is 81.2 cm³/mol. The van der Waals surface area contributed by atoms with Gasteiger partial charge in [-0.3, -0.25) is 4.79 Å². The zero-order valence-electron chi connectivity index (χ0n) is 12.0. The summed E-state index contributed by atoms with van der Waals surface area (Å²) in [5.41, 5.74) is 0.892. The van der Waals surface area contributed by atoms with E-state index < -0.39 is 5.97 Å². The molecule has 1 aromatic heterocycles. The number of nitrogens with zero attached hydrogens (tertiary/aromatic N) is 1. The van der Waals surface area contributed by atoms with Gasteiger partial charge in [-0.05, 0) is 24.6 Å². The Hall–Kier alpha value is -2.08. The largest absolute Gasteiger partial charge is 0.493 e. The van der Waals surface area contributed by atoms with Gasteiger partial charge in [0.2, 0.25) is 0 Å². The molecule has 0 atom stereocenters. The first kappa shape index (κ1) is 15.3.